The van der Waals surface area contributed by atoms with Crippen LogP contribution in [-0.2, 0) is 11.3 Å². The molecule has 0 radical (unpaired) electrons. The van der Waals surface area contributed by atoms with Crippen molar-refractivity contribution in [2.24, 2.45) is 0 Å². The molecule has 0 aliphatic carbocycles. The van der Waals surface area contributed by atoms with Crippen LogP contribution in [0.4, 0.5) is 0 Å². The highest BCUT2D eigenvalue weighted by Crippen LogP contribution is 2.20. The molecule has 1 atom stereocenters. The lowest BCUT2D eigenvalue weighted by atomic mass is 9.98. The SMILES string of the molecule is CCOCc1nc(C)c(C(C)CNC)c(C)n1. The van der Waals surface area contributed by atoms with Gasteiger partial charge in [0.1, 0.15) is 6.61 Å². The Balaban J connectivity index is 2.93. The third kappa shape index (κ3) is 3.75. The average Bonchev–Trinajstić information content (AvgIpc) is 2.25. The molecule has 1 aromatic rings. The molecular formula is C13H23N3O. The smallest absolute Gasteiger partial charge is 0.154 e. The van der Waals surface area contributed by atoms with Gasteiger partial charge in [-0.15, -0.1) is 0 Å². The fourth-order valence-electron chi connectivity index (χ4n) is 2.17. The second-order valence-corrected chi connectivity index (χ2v) is 4.32. The molecule has 4 heteroatoms. The minimum Gasteiger partial charge on any atom is -0.374 e. The van der Waals surface area contributed by atoms with E-state index in [4.69, 9.17) is 4.74 Å². The number of ether oxygens (including phenoxy) is 1. The van der Waals surface area contributed by atoms with Gasteiger partial charge in [0, 0.05) is 24.5 Å². The lowest BCUT2D eigenvalue weighted by Gasteiger charge is -2.17. The van der Waals surface area contributed by atoms with Crippen molar-refractivity contribution in [2.45, 2.75) is 40.2 Å². The van der Waals surface area contributed by atoms with E-state index in [1.165, 1.54) is 5.56 Å². The lowest BCUT2D eigenvalue weighted by molar-refractivity contribution is 0.128. The zero-order valence-electron chi connectivity index (χ0n) is 11.5. The van der Waals surface area contributed by atoms with E-state index in [2.05, 4.69) is 22.2 Å². The van der Waals surface area contributed by atoms with Crippen molar-refractivity contribution in [3.8, 4) is 0 Å². The normalized spacial score (nSPS) is 12.8. The second kappa shape index (κ2) is 6.67. The summed E-state index contributed by atoms with van der Waals surface area (Å²) in [5.41, 5.74) is 3.38. The zero-order valence-corrected chi connectivity index (χ0v) is 11.5. The van der Waals surface area contributed by atoms with Crippen LogP contribution in [0.2, 0.25) is 0 Å². The van der Waals surface area contributed by atoms with Gasteiger partial charge in [-0.2, -0.15) is 0 Å². The molecule has 0 aliphatic rings. The maximum absolute atomic E-state index is 5.34. The Morgan fingerprint density at radius 3 is 2.29 bits per heavy atom. The van der Waals surface area contributed by atoms with Gasteiger partial charge in [-0.3, -0.25) is 0 Å². The molecule has 0 aliphatic heterocycles. The van der Waals surface area contributed by atoms with Crippen LogP contribution in [0.25, 0.3) is 0 Å². The minimum atomic E-state index is 0.432. The highest BCUT2D eigenvalue weighted by molar-refractivity contribution is 5.28. The summed E-state index contributed by atoms with van der Waals surface area (Å²) in [6.07, 6.45) is 0. The molecule has 1 unspecified atom stereocenters. The summed E-state index contributed by atoms with van der Waals surface area (Å²) in [4.78, 5) is 9.02. The number of likely N-dealkylation sites (N-methyl/N-ethyl adjacent to an activating group) is 1. The van der Waals surface area contributed by atoms with Crippen LogP contribution in [0.1, 0.15) is 42.5 Å². The molecule has 0 saturated carbocycles. The van der Waals surface area contributed by atoms with Crippen LogP contribution in [0.3, 0.4) is 0 Å². The van der Waals surface area contributed by atoms with Crippen molar-refractivity contribution in [3.63, 3.8) is 0 Å². The number of hydrogen-bond donors (Lipinski definition) is 1. The van der Waals surface area contributed by atoms with E-state index < -0.39 is 0 Å². The number of rotatable bonds is 6. The Morgan fingerprint density at radius 1 is 1.24 bits per heavy atom. The summed E-state index contributed by atoms with van der Waals surface area (Å²) in [6.45, 7) is 10.4. The van der Waals surface area contributed by atoms with Gasteiger partial charge in [-0.05, 0) is 39.3 Å². The van der Waals surface area contributed by atoms with Gasteiger partial charge >= 0.3 is 0 Å². The fraction of sp³-hybridized carbons (Fsp3) is 0.692. The van der Waals surface area contributed by atoms with E-state index in [-0.39, 0.29) is 0 Å². The first-order valence-corrected chi connectivity index (χ1v) is 6.16. The Bertz CT molecular complexity index is 343. The number of hydrogen-bond acceptors (Lipinski definition) is 4. The molecule has 0 aromatic carbocycles. The van der Waals surface area contributed by atoms with Gasteiger partial charge in [0.2, 0.25) is 0 Å². The van der Waals surface area contributed by atoms with Crippen LogP contribution < -0.4 is 5.32 Å². The Hall–Kier alpha value is -1.00. The molecule has 1 aromatic heterocycles. The van der Waals surface area contributed by atoms with Crippen molar-refractivity contribution in [1.82, 2.24) is 15.3 Å². The summed E-state index contributed by atoms with van der Waals surface area (Å²) in [6, 6.07) is 0. The van der Waals surface area contributed by atoms with Gasteiger partial charge in [-0.1, -0.05) is 6.92 Å². The molecule has 0 bridgehead atoms. The predicted molar refractivity (Wildman–Crippen MR) is 69.2 cm³/mol. The number of aryl methyl sites for hydroxylation is 2. The van der Waals surface area contributed by atoms with Crippen molar-refractivity contribution in [3.05, 3.63) is 22.8 Å². The standard InChI is InChI=1S/C13H23N3O/c1-6-17-8-12-15-10(3)13(11(4)16-12)9(2)7-14-5/h9,14H,6-8H2,1-5H3. The molecular weight excluding hydrogens is 214 g/mol. The minimum absolute atomic E-state index is 0.432. The van der Waals surface area contributed by atoms with Crippen molar-refractivity contribution in [1.29, 1.82) is 0 Å². The van der Waals surface area contributed by atoms with E-state index in [1.54, 1.807) is 0 Å². The van der Waals surface area contributed by atoms with Crippen LogP contribution in [-0.4, -0.2) is 30.2 Å². The Labute approximate surface area is 104 Å². The van der Waals surface area contributed by atoms with Gasteiger partial charge in [0.15, 0.2) is 5.82 Å². The summed E-state index contributed by atoms with van der Waals surface area (Å²) < 4.78 is 5.34. The van der Waals surface area contributed by atoms with Gasteiger partial charge in [0.25, 0.3) is 0 Å². The van der Waals surface area contributed by atoms with Crippen molar-refractivity contribution < 1.29 is 4.74 Å². The van der Waals surface area contributed by atoms with Crippen molar-refractivity contribution in [2.75, 3.05) is 20.2 Å². The molecule has 1 N–H and O–H groups in total. The molecule has 1 rings (SSSR count). The summed E-state index contributed by atoms with van der Waals surface area (Å²) in [5, 5.41) is 3.19. The number of nitrogens with zero attached hydrogens (tertiary/aromatic N) is 2. The highest BCUT2D eigenvalue weighted by Gasteiger charge is 2.14. The molecule has 0 spiro atoms. The van der Waals surface area contributed by atoms with Crippen LogP contribution >= 0.6 is 0 Å². The van der Waals surface area contributed by atoms with Crippen molar-refractivity contribution >= 4 is 0 Å². The monoisotopic (exact) mass is 237 g/mol. The van der Waals surface area contributed by atoms with Gasteiger partial charge < -0.3 is 10.1 Å². The van der Waals surface area contributed by atoms with Gasteiger partial charge in [0.05, 0.1) is 0 Å². The third-order valence-electron chi connectivity index (χ3n) is 2.81. The maximum atomic E-state index is 5.34. The fourth-order valence-corrected chi connectivity index (χ4v) is 2.17. The van der Waals surface area contributed by atoms with Crippen LogP contribution in [0, 0.1) is 13.8 Å². The third-order valence-corrected chi connectivity index (χ3v) is 2.81. The lowest BCUT2D eigenvalue weighted by Crippen LogP contribution is -2.18. The van der Waals surface area contributed by atoms with Gasteiger partial charge in [-0.25, -0.2) is 9.97 Å². The maximum Gasteiger partial charge on any atom is 0.154 e. The van der Waals surface area contributed by atoms with Crippen LogP contribution in [0.5, 0.6) is 0 Å². The van der Waals surface area contributed by atoms with E-state index in [0.717, 1.165) is 23.8 Å². The van der Waals surface area contributed by atoms with E-state index in [1.807, 2.05) is 27.8 Å². The molecule has 17 heavy (non-hydrogen) atoms. The van der Waals surface area contributed by atoms with E-state index >= 15 is 0 Å². The Morgan fingerprint density at radius 2 is 1.82 bits per heavy atom. The Kier molecular flexibility index (Phi) is 5.51. The van der Waals surface area contributed by atoms with Crippen LogP contribution in [0.15, 0.2) is 0 Å². The first-order valence-electron chi connectivity index (χ1n) is 6.16. The topological polar surface area (TPSA) is 47.0 Å². The summed E-state index contributed by atoms with van der Waals surface area (Å²) in [5.74, 6) is 1.21. The molecule has 0 saturated heterocycles. The summed E-state index contributed by atoms with van der Waals surface area (Å²) in [7, 11) is 1.96. The van der Waals surface area contributed by atoms with E-state index in [0.29, 0.717) is 19.1 Å². The molecule has 0 amide bonds. The largest absolute Gasteiger partial charge is 0.374 e. The first-order chi connectivity index (χ1) is 8.10. The predicted octanol–water partition coefficient (Wildman–Crippen LogP) is 1.95. The molecule has 0 fully saturated rings. The number of nitrogens with one attached hydrogen (secondary N) is 1. The quantitative estimate of drug-likeness (QED) is 0.821. The average molecular weight is 237 g/mol. The molecule has 96 valence electrons. The second-order valence-electron chi connectivity index (χ2n) is 4.32. The first kappa shape index (κ1) is 14.1. The zero-order chi connectivity index (χ0) is 12.8. The number of aromatic nitrogens is 2. The highest BCUT2D eigenvalue weighted by atomic mass is 16.5. The molecule has 4 nitrogen and oxygen atoms in total. The summed E-state index contributed by atoms with van der Waals surface area (Å²) >= 11 is 0. The van der Waals surface area contributed by atoms with E-state index in [9.17, 15) is 0 Å². The molecule has 1 heterocycles.